The minimum Gasteiger partial charge on any atom is -0.143 e. The number of hydrogen-bond acceptors (Lipinski definition) is 3. The largest absolute Gasteiger partial charge is 0.143 e. The Morgan fingerprint density at radius 1 is 0.867 bits per heavy atom. The smallest absolute Gasteiger partial charge is 0.0415 e. The average molecular weight is 250 g/mol. The molecule has 2 rings (SSSR count). The van der Waals surface area contributed by atoms with Crippen LogP contribution in [-0.2, 0) is 0 Å². The van der Waals surface area contributed by atoms with Crippen molar-refractivity contribution in [3.05, 3.63) is 58.3 Å². The van der Waals surface area contributed by atoms with Crippen molar-refractivity contribution in [1.82, 2.24) is 0 Å². The molecule has 0 aliphatic rings. The van der Waals surface area contributed by atoms with E-state index in [1.807, 2.05) is 47.8 Å². The fraction of sp³-hybridized carbons (Fsp3) is 0. The summed E-state index contributed by atoms with van der Waals surface area (Å²) in [5.41, 5.74) is 1.10. The van der Waals surface area contributed by atoms with Crippen molar-refractivity contribution in [3.8, 4) is 0 Å². The van der Waals surface area contributed by atoms with Gasteiger partial charge in [0.25, 0.3) is 0 Å². The zero-order chi connectivity index (χ0) is 10.7. The maximum absolute atomic E-state index is 4.51. The Kier molecular flexibility index (Phi) is 3.57. The molecule has 0 bridgehead atoms. The SMILES string of the molecule is SC(=C(S)c1cccs1)c1ccccc1. The second-order valence-electron chi connectivity index (χ2n) is 3.04. The van der Waals surface area contributed by atoms with Crippen LogP contribution in [0.5, 0.6) is 0 Å². The van der Waals surface area contributed by atoms with Gasteiger partial charge in [0.15, 0.2) is 0 Å². The van der Waals surface area contributed by atoms with Gasteiger partial charge in [0.05, 0.1) is 0 Å². The second-order valence-corrected chi connectivity index (χ2v) is 4.88. The van der Waals surface area contributed by atoms with Crippen LogP contribution < -0.4 is 0 Å². The molecule has 15 heavy (non-hydrogen) atoms. The molecule has 0 unspecified atom stereocenters. The van der Waals surface area contributed by atoms with Crippen LogP contribution in [0.3, 0.4) is 0 Å². The van der Waals surface area contributed by atoms with Crippen molar-refractivity contribution >= 4 is 46.4 Å². The molecule has 0 aliphatic heterocycles. The summed E-state index contributed by atoms with van der Waals surface area (Å²) in [4.78, 5) is 2.99. The minimum absolute atomic E-state index is 0.918. The van der Waals surface area contributed by atoms with E-state index < -0.39 is 0 Å². The van der Waals surface area contributed by atoms with Crippen molar-refractivity contribution in [2.24, 2.45) is 0 Å². The molecule has 1 aromatic heterocycles. The van der Waals surface area contributed by atoms with Crippen molar-refractivity contribution < 1.29 is 0 Å². The summed E-state index contributed by atoms with van der Waals surface area (Å²) in [6.45, 7) is 0. The minimum atomic E-state index is 0.918. The van der Waals surface area contributed by atoms with Crippen LogP contribution in [0.1, 0.15) is 10.4 Å². The molecule has 76 valence electrons. The van der Waals surface area contributed by atoms with Gasteiger partial charge in [-0.2, -0.15) is 0 Å². The highest BCUT2D eigenvalue weighted by molar-refractivity contribution is 7.96. The summed E-state index contributed by atoms with van der Waals surface area (Å²) in [6.07, 6.45) is 0. The highest BCUT2D eigenvalue weighted by Gasteiger charge is 2.04. The summed E-state index contributed by atoms with van der Waals surface area (Å²) in [7, 11) is 0. The molecule has 0 fully saturated rings. The van der Waals surface area contributed by atoms with Crippen LogP contribution in [0, 0.1) is 0 Å². The van der Waals surface area contributed by atoms with Crippen molar-refractivity contribution in [1.29, 1.82) is 0 Å². The standard InChI is InChI=1S/C12H10S3/c13-11(9-5-2-1-3-6-9)12(14)10-7-4-8-15-10/h1-8,13-14H. The molecule has 0 atom stereocenters. The van der Waals surface area contributed by atoms with Gasteiger partial charge in [0, 0.05) is 14.7 Å². The molecular weight excluding hydrogens is 240 g/mol. The molecular formula is C12H10S3. The fourth-order valence-corrected chi connectivity index (χ4v) is 2.64. The Bertz CT molecular complexity index is 455. The Morgan fingerprint density at radius 3 is 2.20 bits per heavy atom. The number of thiophene rings is 1. The number of thiol groups is 2. The molecule has 1 aromatic carbocycles. The van der Waals surface area contributed by atoms with E-state index in [1.54, 1.807) is 11.3 Å². The maximum atomic E-state index is 4.51. The zero-order valence-electron chi connectivity index (χ0n) is 7.92. The Balaban J connectivity index is 2.42. The van der Waals surface area contributed by atoms with Crippen molar-refractivity contribution in [2.45, 2.75) is 0 Å². The van der Waals surface area contributed by atoms with Gasteiger partial charge in [-0.25, -0.2) is 0 Å². The molecule has 0 N–H and O–H groups in total. The molecule has 1 heterocycles. The van der Waals surface area contributed by atoms with E-state index in [-0.39, 0.29) is 0 Å². The molecule has 0 saturated carbocycles. The molecule has 0 aliphatic carbocycles. The fourth-order valence-electron chi connectivity index (χ4n) is 1.26. The van der Waals surface area contributed by atoms with Crippen LogP contribution in [0.2, 0.25) is 0 Å². The van der Waals surface area contributed by atoms with E-state index in [0.717, 1.165) is 20.3 Å². The van der Waals surface area contributed by atoms with Crippen molar-refractivity contribution in [3.63, 3.8) is 0 Å². The first-order valence-corrected chi connectivity index (χ1v) is 6.28. The molecule has 0 nitrogen and oxygen atoms in total. The Labute approximate surface area is 104 Å². The molecule has 2 aromatic rings. The van der Waals surface area contributed by atoms with Gasteiger partial charge < -0.3 is 0 Å². The predicted octanol–water partition coefficient (Wildman–Crippen LogP) is 4.43. The molecule has 0 spiro atoms. The molecule has 0 saturated heterocycles. The number of hydrogen-bond donors (Lipinski definition) is 2. The lowest BCUT2D eigenvalue weighted by atomic mass is 10.2. The van der Waals surface area contributed by atoms with Crippen LogP contribution in [0.15, 0.2) is 47.8 Å². The summed E-state index contributed by atoms with van der Waals surface area (Å²) >= 11 is 10.7. The lowest BCUT2D eigenvalue weighted by Gasteiger charge is -2.04. The first kappa shape index (κ1) is 10.9. The van der Waals surface area contributed by atoms with E-state index in [9.17, 15) is 0 Å². The summed E-state index contributed by atoms with van der Waals surface area (Å²) in [5.74, 6) is 0. The lowest BCUT2D eigenvalue weighted by Crippen LogP contribution is -1.78. The highest BCUT2D eigenvalue weighted by atomic mass is 32.1. The topological polar surface area (TPSA) is 0 Å². The Hall–Kier alpha value is -0.640. The van der Waals surface area contributed by atoms with Gasteiger partial charge in [-0.3, -0.25) is 0 Å². The predicted molar refractivity (Wildman–Crippen MR) is 75.5 cm³/mol. The summed E-state index contributed by atoms with van der Waals surface area (Å²) in [5, 5.41) is 2.04. The van der Waals surface area contributed by atoms with E-state index in [4.69, 9.17) is 0 Å². The van der Waals surface area contributed by atoms with Gasteiger partial charge in [-0.15, -0.1) is 36.6 Å². The molecule has 0 radical (unpaired) electrons. The van der Waals surface area contributed by atoms with Gasteiger partial charge >= 0.3 is 0 Å². The third-order valence-electron chi connectivity index (χ3n) is 2.03. The summed E-state index contributed by atoms with van der Waals surface area (Å²) < 4.78 is 0. The monoisotopic (exact) mass is 250 g/mol. The van der Waals surface area contributed by atoms with E-state index >= 15 is 0 Å². The number of rotatable bonds is 2. The third-order valence-corrected chi connectivity index (χ3v) is 4.19. The Morgan fingerprint density at radius 2 is 1.60 bits per heavy atom. The second kappa shape index (κ2) is 4.92. The first-order valence-electron chi connectivity index (χ1n) is 4.50. The molecule has 0 amide bonds. The van der Waals surface area contributed by atoms with Gasteiger partial charge in [0.1, 0.15) is 0 Å². The van der Waals surface area contributed by atoms with Gasteiger partial charge in [-0.1, -0.05) is 36.4 Å². The van der Waals surface area contributed by atoms with Crippen molar-refractivity contribution in [2.75, 3.05) is 0 Å². The normalized spacial score (nSPS) is 12.4. The quantitative estimate of drug-likeness (QED) is 0.724. The average Bonchev–Trinajstić information content (AvgIpc) is 2.82. The van der Waals surface area contributed by atoms with Gasteiger partial charge in [-0.05, 0) is 17.0 Å². The number of benzene rings is 1. The zero-order valence-corrected chi connectivity index (χ0v) is 10.5. The maximum Gasteiger partial charge on any atom is 0.0415 e. The van der Waals surface area contributed by atoms with E-state index in [1.165, 1.54) is 0 Å². The van der Waals surface area contributed by atoms with Crippen LogP contribution in [0.25, 0.3) is 9.81 Å². The van der Waals surface area contributed by atoms with E-state index in [0.29, 0.717) is 0 Å². The van der Waals surface area contributed by atoms with Crippen LogP contribution in [-0.4, -0.2) is 0 Å². The third kappa shape index (κ3) is 2.48. The summed E-state index contributed by atoms with van der Waals surface area (Å²) in [6, 6.07) is 14.1. The lowest BCUT2D eigenvalue weighted by molar-refractivity contribution is 1.66. The highest BCUT2D eigenvalue weighted by Crippen LogP contribution is 2.33. The van der Waals surface area contributed by atoms with E-state index in [2.05, 4.69) is 25.3 Å². The molecule has 3 heteroatoms. The van der Waals surface area contributed by atoms with Gasteiger partial charge in [0.2, 0.25) is 0 Å². The first-order chi connectivity index (χ1) is 7.29. The van der Waals surface area contributed by atoms with Crippen LogP contribution >= 0.6 is 36.6 Å². The van der Waals surface area contributed by atoms with Crippen LogP contribution in [0.4, 0.5) is 0 Å².